The van der Waals surface area contributed by atoms with Gasteiger partial charge in [0.1, 0.15) is 5.82 Å². The highest BCUT2D eigenvalue weighted by atomic mass is 19.1. The molecule has 4 heteroatoms. The van der Waals surface area contributed by atoms with Gasteiger partial charge in [0.05, 0.1) is 18.3 Å². The summed E-state index contributed by atoms with van der Waals surface area (Å²) in [4.78, 5) is 14.2. The number of amides is 1. The van der Waals surface area contributed by atoms with Crippen LogP contribution in [0, 0.1) is 5.82 Å². The van der Waals surface area contributed by atoms with Crippen molar-refractivity contribution in [2.75, 3.05) is 13.1 Å². The zero-order valence-corrected chi connectivity index (χ0v) is 13.0. The number of carbonyl (C=O) groups excluding carboxylic acids is 1. The number of carbonyl (C=O) groups is 1. The van der Waals surface area contributed by atoms with E-state index in [1.54, 1.807) is 17.0 Å². The molecule has 1 saturated heterocycles. The highest BCUT2D eigenvalue weighted by molar-refractivity contribution is 5.94. The normalized spacial score (nSPS) is 18.0. The van der Waals surface area contributed by atoms with Crippen LogP contribution >= 0.6 is 0 Å². The molecule has 1 heterocycles. The van der Waals surface area contributed by atoms with Crippen LogP contribution in [0.4, 0.5) is 4.39 Å². The van der Waals surface area contributed by atoms with E-state index in [9.17, 15) is 9.18 Å². The van der Waals surface area contributed by atoms with Gasteiger partial charge in [0.25, 0.3) is 5.91 Å². The van der Waals surface area contributed by atoms with Gasteiger partial charge in [-0.25, -0.2) is 4.39 Å². The summed E-state index contributed by atoms with van der Waals surface area (Å²) in [7, 11) is 0. The summed E-state index contributed by atoms with van der Waals surface area (Å²) in [5, 5.41) is 0. The van der Waals surface area contributed by atoms with Gasteiger partial charge in [0.2, 0.25) is 0 Å². The summed E-state index contributed by atoms with van der Waals surface area (Å²) in [6.07, 6.45) is 1.80. The Morgan fingerprint density at radius 3 is 2.65 bits per heavy atom. The quantitative estimate of drug-likeness (QED) is 0.862. The lowest BCUT2D eigenvalue weighted by atomic mass is 10.1. The minimum absolute atomic E-state index is 0.000297. The number of halogens is 1. The molecule has 120 valence electrons. The summed E-state index contributed by atoms with van der Waals surface area (Å²) >= 11 is 0. The Hall–Kier alpha value is -2.20. The number of nitrogens with zero attached hydrogens (tertiary/aromatic N) is 1. The lowest BCUT2D eigenvalue weighted by molar-refractivity contribution is -0.00685. The van der Waals surface area contributed by atoms with Crippen LogP contribution in [-0.2, 0) is 11.3 Å². The molecule has 3 nitrogen and oxygen atoms in total. The van der Waals surface area contributed by atoms with Gasteiger partial charge in [-0.3, -0.25) is 4.79 Å². The van der Waals surface area contributed by atoms with Crippen molar-refractivity contribution >= 4 is 5.91 Å². The number of ether oxygens (including phenoxy) is 1. The van der Waals surface area contributed by atoms with Crippen molar-refractivity contribution in [3.05, 3.63) is 71.5 Å². The van der Waals surface area contributed by atoms with Crippen LogP contribution in [0.15, 0.2) is 54.6 Å². The van der Waals surface area contributed by atoms with E-state index in [-0.39, 0.29) is 17.6 Å². The number of benzene rings is 2. The lowest BCUT2D eigenvalue weighted by Crippen LogP contribution is -2.43. The molecule has 1 amide bonds. The summed E-state index contributed by atoms with van der Waals surface area (Å²) in [6.45, 7) is 1.70. The van der Waals surface area contributed by atoms with Crippen molar-refractivity contribution in [1.29, 1.82) is 0 Å². The standard InChI is InChI=1S/C19H20FNO2/c20-18-11-5-4-10-17(18)19(22)21-12-6-9-16(13-21)23-14-15-7-2-1-3-8-15/h1-5,7-8,10-11,16H,6,9,12-14H2. The maximum Gasteiger partial charge on any atom is 0.256 e. The molecule has 2 aromatic rings. The molecule has 0 radical (unpaired) electrons. The summed E-state index contributed by atoms with van der Waals surface area (Å²) in [5.41, 5.74) is 1.25. The second-order valence-electron chi connectivity index (χ2n) is 5.79. The van der Waals surface area contributed by atoms with Gasteiger partial charge in [0.15, 0.2) is 0 Å². The van der Waals surface area contributed by atoms with Crippen molar-refractivity contribution < 1.29 is 13.9 Å². The van der Waals surface area contributed by atoms with E-state index in [0.29, 0.717) is 19.7 Å². The monoisotopic (exact) mass is 313 g/mol. The molecule has 1 aliphatic heterocycles. The molecule has 2 aromatic carbocycles. The third-order valence-electron chi connectivity index (χ3n) is 4.10. The first-order chi connectivity index (χ1) is 11.2. The molecule has 1 aliphatic rings. The van der Waals surface area contributed by atoms with Crippen LogP contribution in [0.2, 0.25) is 0 Å². The Morgan fingerprint density at radius 1 is 1.13 bits per heavy atom. The molecule has 0 aliphatic carbocycles. The Morgan fingerprint density at radius 2 is 1.87 bits per heavy atom. The number of piperidine rings is 1. The molecule has 0 N–H and O–H groups in total. The van der Waals surface area contributed by atoms with Crippen LogP contribution in [0.5, 0.6) is 0 Å². The Balaban J connectivity index is 1.60. The zero-order chi connectivity index (χ0) is 16.1. The van der Waals surface area contributed by atoms with Gasteiger partial charge >= 0.3 is 0 Å². The van der Waals surface area contributed by atoms with Crippen molar-refractivity contribution in [3.63, 3.8) is 0 Å². The Labute approximate surface area is 135 Å². The van der Waals surface area contributed by atoms with Crippen LogP contribution in [0.3, 0.4) is 0 Å². The molecule has 0 bridgehead atoms. The zero-order valence-electron chi connectivity index (χ0n) is 13.0. The van der Waals surface area contributed by atoms with E-state index in [2.05, 4.69) is 0 Å². The van der Waals surface area contributed by atoms with Crippen molar-refractivity contribution in [1.82, 2.24) is 4.90 Å². The molecular formula is C19H20FNO2. The van der Waals surface area contributed by atoms with Gasteiger partial charge in [-0.1, -0.05) is 42.5 Å². The third kappa shape index (κ3) is 3.96. The van der Waals surface area contributed by atoms with Gasteiger partial charge < -0.3 is 9.64 Å². The molecule has 1 atom stereocenters. The van der Waals surface area contributed by atoms with E-state index < -0.39 is 5.82 Å². The summed E-state index contributed by atoms with van der Waals surface area (Å²) < 4.78 is 19.7. The second kappa shape index (κ2) is 7.38. The maximum atomic E-state index is 13.8. The first kappa shape index (κ1) is 15.7. The Kier molecular flexibility index (Phi) is 5.03. The molecule has 23 heavy (non-hydrogen) atoms. The molecule has 0 saturated carbocycles. The third-order valence-corrected chi connectivity index (χ3v) is 4.10. The summed E-state index contributed by atoms with van der Waals surface area (Å²) in [5.74, 6) is -0.721. The fraction of sp³-hybridized carbons (Fsp3) is 0.316. The van der Waals surface area contributed by atoms with Crippen LogP contribution in [0.1, 0.15) is 28.8 Å². The minimum atomic E-state index is -0.468. The van der Waals surface area contributed by atoms with E-state index >= 15 is 0 Å². The van der Waals surface area contributed by atoms with E-state index in [1.807, 2.05) is 30.3 Å². The van der Waals surface area contributed by atoms with E-state index in [4.69, 9.17) is 4.74 Å². The minimum Gasteiger partial charge on any atom is -0.372 e. The summed E-state index contributed by atoms with van der Waals surface area (Å²) in [6, 6.07) is 16.1. The first-order valence-electron chi connectivity index (χ1n) is 7.93. The number of rotatable bonds is 4. The average molecular weight is 313 g/mol. The van der Waals surface area contributed by atoms with Crippen molar-refractivity contribution in [2.45, 2.75) is 25.6 Å². The topological polar surface area (TPSA) is 29.5 Å². The van der Waals surface area contributed by atoms with E-state index in [0.717, 1.165) is 18.4 Å². The second-order valence-corrected chi connectivity index (χ2v) is 5.79. The van der Waals surface area contributed by atoms with Gasteiger partial charge in [-0.05, 0) is 30.5 Å². The highest BCUT2D eigenvalue weighted by Gasteiger charge is 2.26. The Bertz CT molecular complexity index is 659. The number of hydrogen-bond acceptors (Lipinski definition) is 2. The fourth-order valence-electron chi connectivity index (χ4n) is 2.85. The molecule has 0 aromatic heterocycles. The smallest absolute Gasteiger partial charge is 0.256 e. The fourth-order valence-corrected chi connectivity index (χ4v) is 2.85. The van der Waals surface area contributed by atoms with Crippen LogP contribution in [-0.4, -0.2) is 30.0 Å². The van der Waals surface area contributed by atoms with E-state index in [1.165, 1.54) is 12.1 Å². The predicted octanol–water partition coefficient (Wildman–Crippen LogP) is 3.65. The van der Waals surface area contributed by atoms with Gasteiger partial charge in [-0.15, -0.1) is 0 Å². The highest BCUT2D eigenvalue weighted by Crippen LogP contribution is 2.18. The molecule has 1 unspecified atom stereocenters. The molecule has 0 spiro atoms. The first-order valence-corrected chi connectivity index (χ1v) is 7.93. The lowest BCUT2D eigenvalue weighted by Gasteiger charge is -2.32. The predicted molar refractivity (Wildman–Crippen MR) is 86.6 cm³/mol. The number of likely N-dealkylation sites (tertiary alicyclic amines) is 1. The molecule has 1 fully saturated rings. The molecular weight excluding hydrogens is 293 g/mol. The van der Waals surface area contributed by atoms with Crippen molar-refractivity contribution in [2.24, 2.45) is 0 Å². The number of hydrogen-bond donors (Lipinski definition) is 0. The van der Waals surface area contributed by atoms with Crippen molar-refractivity contribution in [3.8, 4) is 0 Å². The van der Waals surface area contributed by atoms with Crippen LogP contribution in [0.25, 0.3) is 0 Å². The SMILES string of the molecule is O=C(c1ccccc1F)N1CCCC(OCc2ccccc2)C1. The maximum absolute atomic E-state index is 13.8. The van der Waals surface area contributed by atoms with Gasteiger partial charge in [-0.2, -0.15) is 0 Å². The van der Waals surface area contributed by atoms with Crippen LogP contribution < -0.4 is 0 Å². The molecule has 3 rings (SSSR count). The largest absolute Gasteiger partial charge is 0.372 e. The van der Waals surface area contributed by atoms with Gasteiger partial charge in [0, 0.05) is 13.1 Å². The average Bonchev–Trinajstić information content (AvgIpc) is 2.61.